The number of hydrogen-bond donors (Lipinski definition) is 2. The van der Waals surface area contributed by atoms with Crippen molar-refractivity contribution in [3.63, 3.8) is 0 Å². The summed E-state index contributed by atoms with van der Waals surface area (Å²) in [6, 6.07) is 4.47. The number of benzene rings is 1. The van der Waals surface area contributed by atoms with Crippen molar-refractivity contribution in [3.8, 4) is 11.3 Å². The number of hydrogen-bond acceptors (Lipinski definition) is 4. The first kappa shape index (κ1) is 9.92. The number of rotatable bonds is 2. The van der Waals surface area contributed by atoms with Crippen molar-refractivity contribution >= 4 is 22.2 Å². The largest absolute Gasteiger partial charge is 0.399 e. The molecule has 0 saturated heterocycles. The minimum atomic E-state index is -0.308. The van der Waals surface area contributed by atoms with E-state index in [1.807, 2.05) is 0 Å². The highest BCUT2D eigenvalue weighted by atomic mass is 32.1. The number of aromatic nitrogens is 1. The molecule has 0 atom stereocenters. The summed E-state index contributed by atoms with van der Waals surface area (Å²) in [5.74, 6) is -0.308. The first-order valence-corrected chi connectivity index (χ1v) is 5.27. The van der Waals surface area contributed by atoms with Gasteiger partial charge in [0.2, 0.25) is 0 Å². The van der Waals surface area contributed by atoms with E-state index in [4.69, 9.17) is 5.73 Å². The Labute approximate surface area is 90.8 Å². The van der Waals surface area contributed by atoms with Crippen LogP contribution in [-0.2, 0) is 0 Å². The third-order valence-corrected chi connectivity index (χ3v) is 2.84. The average Bonchev–Trinajstić information content (AvgIpc) is 2.70. The van der Waals surface area contributed by atoms with Crippen LogP contribution >= 0.6 is 11.3 Å². The zero-order valence-corrected chi connectivity index (χ0v) is 8.94. The van der Waals surface area contributed by atoms with Crippen molar-refractivity contribution in [1.82, 2.24) is 4.98 Å². The van der Waals surface area contributed by atoms with Gasteiger partial charge in [-0.2, -0.15) is 0 Å². The molecular formula is C10H10FN3S. The SMILES string of the molecule is CNc1nc(-c2cc(N)ccc2F)cs1. The smallest absolute Gasteiger partial charge is 0.182 e. The van der Waals surface area contributed by atoms with Crippen molar-refractivity contribution in [2.45, 2.75) is 0 Å². The van der Waals surface area contributed by atoms with Crippen LogP contribution in [0, 0.1) is 5.82 Å². The van der Waals surface area contributed by atoms with Gasteiger partial charge in [0.15, 0.2) is 5.13 Å². The van der Waals surface area contributed by atoms with E-state index in [-0.39, 0.29) is 5.82 Å². The molecule has 0 aliphatic rings. The van der Waals surface area contributed by atoms with Gasteiger partial charge in [-0.05, 0) is 18.2 Å². The maximum absolute atomic E-state index is 13.5. The van der Waals surface area contributed by atoms with Crippen LogP contribution in [0.5, 0.6) is 0 Å². The van der Waals surface area contributed by atoms with Crippen molar-refractivity contribution in [3.05, 3.63) is 29.4 Å². The van der Waals surface area contributed by atoms with Crippen molar-refractivity contribution < 1.29 is 4.39 Å². The monoisotopic (exact) mass is 223 g/mol. The van der Waals surface area contributed by atoms with Gasteiger partial charge in [0.05, 0.1) is 5.69 Å². The number of anilines is 2. The van der Waals surface area contributed by atoms with E-state index in [0.717, 1.165) is 5.13 Å². The molecule has 1 aromatic heterocycles. The Morgan fingerprint density at radius 1 is 1.47 bits per heavy atom. The Bertz CT molecular complexity index is 481. The number of nitrogens with one attached hydrogen (secondary N) is 1. The molecule has 3 N–H and O–H groups in total. The van der Waals surface area contributed by atoms with Gasteiger partial charge >= 0.3 is 0 Å². The maximum atomic E-state index is 13.5. The molecule has 0 fully saturated rings. The highest BCUT2D eigenvalue weighted by Gasteiger charge is 2.08. The van der Waals surface area contributed by atoms with E-state index in [2.05, 4.69) is 10.3 Å². The van der Waals surface area contributed by atoms with Crippen LogP contribution in [0.2, 0.25) is 0 Å². The van der Waals surface area contributed by atoms with Crippen LogP contribution in [0.4, 0.5) is 15.2 Å². The third kappa shape index (κ3) is 1.92. The van der Waals surface area contributed by atoms with Gasteiger partial charge in [-0.1, -0.05) is 0 Å². The molecule has 0 spiro atoms. The summed E-state index contributed by atoms with van der Waals surface area (Å²) < 4.78 is 13.5. The number of nitrogens with two attached hydrogens (primary N) is 1. The Balaban J connectivity index is 2.48. The lowest BCUT2D eigenvalue weighted by Gasteiger charge is -2.00. The van der Waals surface area contributed by atoms with E-state index in [9.17, 15) is 4.39 Å². The molecule has 5 heteroatoms. The fourth-order valence-corrected chi connectivity index (χ4v) is 1.92. The Morgan fingerprint density at radius 2 is 2.27 bits per heavy atom. The van der Waals surface area contributed by atoms with Gasteiger partial charge < -0.3 is 11.1 Å². The Kier molecular flexibility index (Phi) is 2.55. The quantitative estimate of drug-likeness (QED) is 0.769. The van der Waals surface area contributed by atoms with Crippen molar-refractivity contribution in [2.24, 2.45) is 0 Å². The molecule has 0 saturated carbocycles. The number of nitrogens with zero attached hydrogens (tertiary/aromatic N) is 1. The minimum Gasteiger partial charge on any atom is -0.399 e. The van der Waals surface area contributed by atoms with Gasteiger partial charge in [-0.25, -0.2) is 9.37 Å². The van der Waals surface area contributed by atoms with Crippen molar-refractivity contribution in [1.29, 1.82) is 0 Å². The number of nitrogen functional groups attached to an aromatic ring is 1. The topological polar surface area (TPSA) is 50.9 Å². The summed E-state index contributed by atoms with van der Waals surface area (Å²) >= 11 is 1.43. The first-order valence-electron chi connectivity index (χ1n) is 4.39. The molecular weight excluding hydrogens is 213 g/mol. The summed E-state index contributed by atoms with van der Waals surface area (Å²) in [5, 5.41) is 5.46. The molecule has 2 rings (SSSR count). The fraction of sp³-hybridized carbons (Fsp3) is 0.100. The molecule has 0 aliphatic heterocycles. The highest BCUT2D eigenvalue weighted by molar-refractivity contribution is 7.14. The maximum Gasteiger partial charge on any atom is 0.182 e. The zero-order chi connectivity index (χ0) is 10.8. The second-order valence-electron chi connectivity index (χ2n) is 3.03. The van der Waals surface area contributed by atoms with E-state index in [1.165, 1.54) is 23.5 Å². The van der Waals surface area contributed by atoms with Crippen LogP contribution in [0.1, 0.15) is 0 Å². The number of halogens is 1. The predicted molar refractivity (Wildman–Crippen MR) is 61.5 cm³/mol. The summed E-state index contributed by atoms with van der Waals surface area (Å²) in [6.45, 7) is 0. The lowest BCUT2D eigenvalue weighted by atomic mass is 10.1. The molecule has 0 bridgehead atoms. The highest BCUT2D eigenvalue weighted by Crippen LogP contribution is 2.28. The number of thiazole rings is 1. The Hall–Kier alpha value is -1.62. The third-order valence-electron chi connectivity index (χ3n) is 1.98. The average molecular weight is 223 g/mol. The minimum absolute atomic E-state index is 0.308. The molecule has 1 heterocycles. The summed E-state index contributed by atoms with van der Waals surface area (Å²) in [6.07, 6.45) is 0. The van der Waals surface area contributed by atoms with Gasteiger partial charge in [-0.15, -0.1) is 11.3 Å². The standard InChI is InChI=1S/C10H10FN3S/c1-13-10-14-9(5-15-10)7-4-6(12)2-3-8(7)11/h2-5H,12H2,1H3,(H,13,14). The second kappa shape index (κ2) is 3.86. The van der Waals surface area contributed by atoms with Crippen LogP contribution in [0.25, 0.3) is 11.3 Å². The van der Waals surface area contributed by atoms with Crippen LogP contribution in [-0.4, -0.2) is 12.0 Å². The van der Waals surface area contributed by atoms with Gasteiger partial charge in [0.1, 0.15) is 5.82 Å². The van der Waals surface area contributed by atoms with E-state index in [0.29, 0.717) is 16.9 Å². The van der Waals surface area contributed by atoms with Crippen LogP contribution in [0.15, 0.2) is 23.6 Å². The van der Waals surface area contributed by atoms with E-state index >= 15 is 0 Å². The van der Waals surface area contributed by atoms with Crippen LogP contribution in [0.3, 0.4) is 0 Å². The van der Waals surface area contributed by atoms with Gasteiger partial charge in [0.25, 0.3) is 0 Å². The fourth-order valence-electron chi connectivity index (χ4n) is 1.25. The summed E-state index contributed by atoms with van der Waals surface area (Å²) in [4.78, 5) is 4.21. The lowest BCUT2D eigenvalue weighted by molar-refractivity contribution is 0.631. The van der Waals surface area contributed by atoms with E-state index in [1.54, 1.807) is 18.5 Å². The molecule has 0 amide bonds. The summed E-state index contributed by atoms with van der Waals surface area (Å²) in [5.41, 5.74) is 7.17. The molecule has 0 aliphatic carbocycles. The zero-order valence-electron chi connectivity index (χ0n) is 8.12. The van der Waals surface area contributed by atoms with Crippen molar-refractivity contribution in [2.75, 3.05) is 18.1 Å². The Morgan fingerprint density at radius 3 is 2.93 bits per heavy atom. The lowest BCUT2D eigenvalue weighted by Crippen LogP contribution is -1.90. The van der Waals surface area contributed by atoms with Crippen LogP contribution < -0.4 is 11.1 Å². The van der Waals surface area contributed by atoms with Gasteiger partial charge in [0, 0.05) is 23.7 Å². The predicted octanol–water partition coefficient (Wildman–Crippen LogP) is 2.57. The molecule has 3 nitrogen and oxygen atoms in total. The molecule has 15 heavy (non-hydrogen) atoms. The molecule has 78 valence electrons. The first-order chi connectivity index (χ1) is 7.20. The summed E-state index contributed by atoms with van der Waals surface area (Å²) in [7, 11) is 1.78. The molecule has 0 radical (unpaired) electrons. The molecule has 1 aromatic carbocycles. The normalized spacial score (nSPS) is 10.3. The molecule has 2 aromatic rings. The van der Waals surface area contributed by atoms with Gasteiger partial charge in [-0.3, -0.25) is 0 Å². The second-order valence-corrected chi connectivity index (χ2v) is 3.89. The molecule has 0 unspecified atom stereocenters. The van der Waals surface area contributed by atoms with E-state index < -0.39 is 0 Å².